The predicted octanol–water partition coefficient (Wildman–Crippen LogP) is 16.5. The van der Waals surface area contributed by atoms with Crippen LogP contribution in [0.2, 0.25) is 0 Å². The number of methoxy groups -OCH3 is 1. The molecule has 10 rings (SSSR count). The average molecular weight is 1350 g/mol. The molecule has 0 aromatic heterocycles. The van der Waals surface area contributed by atoms with Gasteiger partial charge in [0.1, 0.15) is 36.0 Å². The summed E-state index contributed by atoms with van der Waals surface area (Å²) in [6.07, 6.45) is 17.3. The number of carbonyl (C=O) groups excluding carboxylic acids is 5. The summed E-state index contributed by atoms with van der Waals surface area (Å²) in [5.41, 5.74) is 7.10. The van der Waals surface area contributed by atoms with E-state index in [-0.39, 0.29) is 49.7 Å². The summed E-state index contributed by atoms with van der Waals surface area (Å²) in [7, 11) is 1.64. The number of rotatable bonds is 33. The van der Waals surface area contributed by atoms with Crippen LogP contribution in [0.4, 0.5) is 14.9 Å². The number of anilines is 1. The van der Waals surface area contributed by atoms with Crippen LogP contribution in [0.5, 0.6) is 11.5 Å². The van der Waals surface area contributed by atoms with Crippen molar-refractivity contribution in [3.63, 3.8) is 0 Å². The van der Waals surface area contributed by atoms with Crippen molar-refractivity contribution in [2.75, 3.05) is 32.1 Å². The molecule has 0 spiro atoms. The van der Waals surface area contributed by atoms with Gasteiger partial charge in [0.15, 0.2) is 0 Å². The number of nitrogens with one attached hydrogen (secondary N) is 5. The lowest BCUT2D eigenvalue weighted by molar-refractivity contribution is -0.131. The van der Waals surface area contributed by atoms with Crippen molar-refractivity contribution in [3.05, 3.63) is 209 Å². The highest BCUT2D eigenvalue weighted by Gasteiger charge is 2.59. The van der Waals surface area contributed by atoms with Crippen LogP contribution >= 0.6 is 0 Å². The van der Waals surface area contributed by atoms with E-state index in [1.54, 1.807) is 55.1 Å². The lowest BCUT2D eigenvalue weighted by Crippen LogP contribution is -2.53. The van der Waals surface area contributed by atoms with Gasteiger partial charge in [0.2, 0.25) is 23.6 Å². The quantitative estimate of drug-likeness (QED) is 0.00874. The predicted molar refractivity (Wildman–Crippen MR) is 388 cm³/mol. The van der Waals surface area contributed by atoms with E-state index in [1.165, 1.54) is 69.6 Å². The molecule has 10 atom stereocenters. The van der Waals surface area contributed by atoms with Crippen molar-refractivity contribution < 1.29 is 47.3 Å². The molecule has 528 valence electrons. The molecular formula is C84H106FN5O9. The number of hydrogen-bond donors (Lipinski definition) is 5. The van der Waals surface area contributed by atoms with Crippen molar-refractivity contribution in [2.45, 2.75) is 187 Å². The Balaban J connectivity index is 0.740. The molecule has 5 N–H and O–H groups in total. The second kappa shape index (κ2) is 34.8. The molecule has 0 heterocycles. The summed E-state index contributed by atoms with van der Waals surface area (Å²) in [5.74, 6) is 3.35. The summed E-state index contributed by atoms with van der Waals surface area (Å²) >= 11 is 0. The van der Waals surface area contributed by atoms with Gasteiger partial charge in [-0.25, -0.2) is 9.18 Å². The lowest BCUT2D eigenvalue weighted by atomic mass is 9.47. The molecule has 6 aromatic carbocycles. The zero-order valence-electron chi connectivity index (χ0n) is 59.4. The molecule has 0 radical (unpaired) electrons. The van der Waals surface area contributed by atoms with Crippen molar-refractivity contribution in [2.24, 2.45) is 46.3 Å². The standard InChI is InChI=1S/C84H106FN5O9/c1-57(2)19-16-20-59(4)72-42-43-73-71-41-34-65-55-70(46-48-82(65,5)74(71)47-49-83(72,73)6)97-52-18-50-86-77(91)44-45-78(92)89-76(54-61-21-17-26-66(85)53-61)80(94)90-75(79(93)88-67-35-30-60(31-36-67)56-98-81(95)99-69-37-28-58(3)29-38-69)27-14-15-51-87-84(62-22-10-8-11-23-62,63-24-12-9-13-25-63)64-32-39-68(96-7)40-33-64/h8-13,17,21-26,28-40,53,57,59,70-76,87H,14-16,18-20,27,41-52,54-56H2,1-7H3,(H,86,91)(H,88,93)(H,89,92)(H,90,94)/t59-,70+,71+,72-,73+,74+,75+,76+,82+,83-/m1/s1. The summed E-state index contributed by atoms with van der Waals surface area (Å²) in [5, 5.41) is 15.6. The fourth-order valence-corrected chi connectivity index (χ4v) is 17.1. The van der Waals surface area contributed by atoms with Gasteiger partial charge < -0.3 is 40.2 Å². The fraction of sp³-hybridized carbons (Fsp3) is 0.488. The second-order valence-electron chi connectivity index (χ2n) is 29.5. The Morgan fingerprint density at radius 2 is 1.33 bits per heavy atom. The lowest BCUT2D eigenvalue weighted by Gasteiger charge is -2.58. The van der Waals surface area contributed by atoms with Crippen LogP contribution in [0.3, 0.4) is 0 Å². The Labute approximate surface area is 587 Å². The van der Waals surface area contributed by atoms with E-state index in [0.717, 1.165) is 82.8 Å². The molecule has 3 saturated carbocycles. The van der Waals surface area contributed by atoms with Crippen molar-refractivity contribution in [1.29, 1.82) is 0 Å². The molecule has 14 nitrogen and oxygen atoms in total. The number of ether oxygens (including phenoxy) is 4. The average Bonchev–Trinajstić information content (AvgIpc) is 1.68. The number of fused-ring (bicyclic) bond motifs is 5. The van der Waals surface area contributed by atoms with Gasteiger partial charge in [-0.15, -0.1) is 0 Å². The topological polar surface area (TPSA) is 182 Å². The third kappa shape index (κ3) is 19.0. The monoisotopic (exact) mass is 1350 g/mol. The first-order chi connectivity index (χ1) is 47.8. The van der Waals surface area contributed by atoms with Gasteiger partial charge in [0, 0.05) is 38.1 Å². The SMILES string of the molecule is COc1ccc(C(NCCCC[C@H](NC(=O)[C@H](Cc2cccc(F)c2)NC(=O)CCC(=O)NCCCO[C@H]2CC[C@@]3(C)C(=CC[C@H]4[C@@H]5CC[C@H]([C@H](C)CCCC(C)C)[C@@]5(C)CC[C@@H]43)C2)C(=O)Nc2ccc(COC(=O)Oc3ccc(C)cc3)cc2)(c2ccccc2)c2ccccc2)cc1. The third-order valence-electron chi connectivity index (χ3n) is 22.5. The van der Waals surface area contributed by atoms with Crippen LogP contribution in [-0.2, 0) is 47.2 Å². The van der Waals surface area contributed by atoms with Gasteiger partial charge in [0.25, 0.3) is 0 Å². The molecule has 0 bridgehead atoms. The minimum Gasteiger partial charge on any atom is -0.497 e. The first-order valence-corrected chi connectivity index (χ1v) is 36.6. The number of allylic oxidation sites excluding steroid dienone is 1. The van der Waals surface area contributed by atoms with Gasteiger partial charge in [-0.2, -0.15) is 0 Å². The normalized spacial score (nSPS) is 21.9. The fourth-order valence-electron chi connectivity index (χ4n) is 17.1. The first-order valence-electron chi connectivity index (χ1n) is 36.6. The molecule has 6 aromatic rings. The van der Waals surface area contributed by atoms with Gasteiger partial charge in [-0.3, -0.25) is 24.5 Å². The Morgan fingerprint density at radius 3 is 2.03 bits per heavy atom. The Morgan fingerprint density at radius 1 is 0.636 bits per heavy atom. The smallest absolute Gasteiger partial charge is 0.497 e. The van der Waals surface area contributed by atoms with Gasteiger partial charge in [0.05, 0.1) is 18.8 Å². The highest BCUT2D eigenvalue weighted by molar-refractivity contribution is 5.98. The number of benzene rings is 6. The van der Waals surface area contributed by atoms with E-state index in [2.05, 4.69) is 104 Å². The maximum atomic E-state index is 14.7. The van der Waals surface area contributed by atoms with Crippen LogP contribution in [0.25, 0.3) is 0 Å². The largest absolute Gasteiger partial charge is 0.514 e. The molecule has 0 aliphatic heterocycles. The summed E-state index contributed by atoms with van der Waals surface area (Å²) in [6, 6.07) is 45.7. The molecule has 0 saturated heterocycles. The molecule has 4 aliphatic carbocycles. The zero-order valence-corrected chi connectivity index (χ0v) is 59.4. The summed E-state index contributed by atoms with van der Waals surface area (Å²) in [6.45, 7) is 15.8. The molecular weight excluding hydrogens is 1240 g/mol. The Kier molecular flexibility index (Phi) is 25.8. The number of hydrogen-bond acceptors (Lipinski definition) is 10. The molecule has 3 fully saturated rings. The van der Waals surface area contributed by atoms with Crippen LogP contribution in [-0.4, -0.2) is 74.8 Å². The van der Waals surface area contributed by atoms with Gasteiger partial charge >= 0.3 is 6.16 Å². The van der Waals surface area contributed by atoms with Crippen molar-refractivity contribution >= 4 is 35.5 Å². The number of aryl methyl sites for hydroxylation is 1. The Bertz CT molecular complexity index is 3600. The number of amides is 4. The third-order valence-corrected chi connectivity index (χ3v) is 22.5. The molecule has 99 heavy (non-hydrogen) atoms. The van der Waals surface area contributed by atoms with Crippen LogP contribution in [0, 0.1) is 59.1 Å². The maximum absolute atomic E-state index is 14.7. The molecule has 4 aliphatic rings. The highest BCUT2D eigenvalue weighted by Crippen LogP contribution is 2.67. The molecule has 15 heteroatoms. The Hall–Kier alpha value is -8.14. The minimum atomic E-state index is -1.24. The highest BCUT2D eigenvalue weighted by atomic mass is 19.1. The van der Waals surface area contributed by atoms with Crippen LogP contribution < -0.4 is 36.1 Å². The van der Waals surface area contributed by atoms with Gasteiger partial charge in [-0.05, 0) is 213 Å². The van der Waals surface area contributed by atoms with Crippen LogP contribution in [0.15, 0.2) is 169 Å². The number of carbonyl (C=O) groups is 5. The maximum Gasteiger partial charge on any atom is 0.514 e. The van der Waals surface area contributed by atoms with Crippen molar-refractivity contribution in [1.82, 2.24) is 21.3 Å². The van der Waals surface area contributed by atoms with Crippen molar-refractivity contribution in [3.8, 4) is 11.5 Å². The van der Waals surface area contributed by atoms with E-state index in [0.29, 0.717) is 66.9 Å². The zero-order chi connectivity index (χ0) is 69.9. The van der Waals surface area contributed by atoms with Gasteiger partial charge in [-0.1, -0.05) is 180 Å². The van der Waals surface area contributed by atoms with E-state index >= 15 is 0 Å². The number of unbranched alkanes of at least 4 members (excludes halogenated alkanes) is 1. The van der Waals surface area contributed by atoms with E-state index in [1.807, 2.05) is 67.6 Å². The van der Waals surface area contributed by atoms with E-state index in [4.69, 9.17) is 18.9 Å². The minimum absolute atomic E-state index is 0.0863. The summed E-state index contributed by atoms with van der Waals surface area (Å²) in [4.78, 5) is 69.0. The van der Waals surface area contributed by atoms with E-state index in [9.17, 15) is 28.4 Å². The second-order valence-corrected chi connectivity index (χ2v) is 29.5. The molecule has 0 unspecified atom stereocenters. The van der Waals surface area contributed by atoms with E-state index < -0.39 is 47.3 Å². The van der Waals surface area contributed by atoms with Crippen LogP contribution in [0.1, 0.15) is 177 Å². The summed E-state index contributed by atoms with van der Waals surface area (Å²) < 4.78 is 37.5. The first kappa shape index (κ1) is 73.6. The number of halogens is 1. The molecule has 4 amide bonds.